The number of fused-ring (bicyclic) bond motifs is 1. The summed E-state index contributed by atoms with van der Waals surface area (Å²) >= 11 is 0. The molecule has 1 aliphatic rings. The van der Waals surface area contributed by atoms with Crippen molar-refractivity contribution in [3.05, 3.63) is 46.2 Å². The average Bonchev–Trinajstić information content (AvgIpc) is 2.59. The van der Waals surface area contributed by atoms with Crippen molar-refractivity contribution in [2.24, 2.45) is 0 Å². The van der Waals surface area contributed by atoms with Crippen molar-refractivity contribution >= 4 is 16.8 Å². The fourth-order valence-corrected chi connectivity index (χ4v) is 3.12. The van der Waals surface area contributed by atoms with Crippen LogP contribution in [0.15, 0.2) is 35.1 Å². The number of likely N-dealkylation sites (N-methyl/N-ethyl adjacent to an activating group) is 1. The van der Waals surface area contributed by atoms with E-state index in [9.17, 15) is 9.59 Å². The van der Waals surface area contributed by atoms with Gasteiger partial charge in [0.1, 0.15) is 0 Å². The summed E-state index contributed by atoms with van der Waals surface area (Å²) in [5.74, 6) is -0.196. The Kier molecular flexibility index (Phi) is 4.97. The molecule has 6 nitrogen and oxygen atoms in total. The van der Waals surface area contributed by atoms with Crippen molar-refractivity contribution in [1.29, 1.82) is 0 Å². The maximum absolute atomic E-state index is 12.6. The number of carbonyl (C=O) groups is 1. The average molecular weight is 328 g/mol. The number of amides is 1. The topological polar surface area (TPSA) is 68.4 Å². The fraction of sp³-hybridized carbons (Fsp3) is 0.444. The van der Waals surface area contributed by atoms with Crippen molar-refractivity contribution in [2.45, 2.75) is 13.0 Å². The van der Waals surface area contributed by atoms with Crippen LogP contribution in [-0.2, 0) is 0 Å². The predicted molar refractivity (Wildman–Crippen MR) is 95.4 cm³/mol. The lowest BCUT2D eigenvalue weighted by molar-refractivity contribution is 0.0905. The third-order valence-electron chi connectivity index (χ3n) is 4.71. The van der Waals surface area contributed by atoms with Gasteiger partial charge in [0.2, 0.25) is 5.56 Å². The van der Waals surface area contributed by atoms with Crippen LogP contribution in [0.4, 0.5) is 0 Å². The van der Waals surface area contributed by atoms with E-state index in [1.807, 2.05) is 18.2 Å². The van der Waals surface area contributed by atoms with Crippen LogP contribution >= 0.6 is 0 Å². The highest BCUT2D eigenvalue weighted by Gasteiger charge is 2.20. The molecule has 1 saturated heterocycles. The number of aromatic nitrogens is 1. The van der Waals surface area contributed by atoms with Crippen molar-refractivity contribution in [3.8, 4) is 0 Å². The summed E-state index contributed by atoms with van der Waals surface area (Å²) in [4.78, 5) is 31.8. The lowest BCUT2D eigenvalue weighted by atomic mass is 10.1. The minimum atomic E-state index is -0.258. The van der Waals surface area contributed by atoms with Gasteiger partial charge in [0.25, 0.3) is 5.91 Å². The molecule has 2 aromatic rings. The van der Waals surface area contributed by atoms with Crippen LogP contribution in [0.2, 0.25) is 0 Å². The van der Waals surface area contributed by atoms with Crippen molar-refractivity contribution in [2.75, 3.05) is 39.8 Å². The van der Waals surface area contributed by atoms with Crippen molar-refractivity contribution in [3.63, 3.8) is 0 Å². The second-order valence-electron chi connectivity index (χ2n) is 6.49. The van der Waals surface area contributed by atoms with Crippen molar-refractivity contribution in [1.82, 2.24) is 20.1 Å². The number of pyridine rings is 1. The number of hydrogen-bond donors (Lipinski definition) is 2. The number of para-hydroxylation sites is 1. The van der Waals surface area contributed by atoms with Crippen molar-refractivity contribution < 1.29 is 4.79 Å². The normalized spacial score (nSPS) is 17.8. The molecule has 6 heteroatoms. The Bertz CT molecular complexity index is 778. The number of hydrogen-bond acceptors (Lipinski definition) is 4. The van der Waals surface area contributed by atoms with E-state index < -0.39 is 0 Å². The molecule has 3 rings (SSSR count). The first-order valence-electron chi connectivity index (χ1n) is 8.37. The molecule has 0 spiro atoms. The van der Waals surface area contributed by atoms with Gasteiger partial charge in [-0.15, -0.1) is 0 Å². The number of carbonyl (C=O) groups excluding carboxylic acids is 1. The number of benzene rings is 1. The first kappa shape index (κ1) is 16.7. The zero-order valence-electron chi connectivity index (χ0n) is 14.2. The molecule has 1 aliphatic heterocycles. The van der Waals surface area contributed by atoms with E-state index in [-0.39, 0.29) is 17.5 Å². The van der Waals surface area contributed by atoms with Gasteiger partial charge in [0, 0.05) is 55.7 Å². The molecule has 0 saturated carbocycles. The molecule has 1 aromatic heterocycles. The Morgan fingerprint density at radius 3 is 2.71 bits per heavy atom. The maximum Gasteiger partial charge on any atom is 0.252 e. The third kappa shape index (κ3) is 3.66. The Morgan fingerprint density at radius 1 is 1.25 bits per heavy atom. The van der Waals surface area contributed by atoms with Crippen LogP contribution in [-0.4, -0.2) is 66.5 Å². The molecule has 0 radical (unpaired) electrons. The van der Waals surface area contributed by atoms with Crippen LogP contribution in [0.5, 0.6) is 0 Å². The smallest absolute Gasteiger partial charge is 0.252 e. The molecular formula is C18H24N4O2. The van der Waals surface area contributed by atoms with Crippen LogP contribution in [0.1, 0.15) is 17.3 Å². The monoisotopic (exact) mass is 328 g/mol. The van der Waals surface area contributed by atoms with E-state index in [1.54, 1.807) is 6.07 Å². The lowest BCUT2D eigenvalue weighted by Gasteiger charge is -2.36. The molecule has 24 heavy (non-hydrogen) atoms. The molecular weight excluding hydrogens is 304 g/mol. The number of rotatable bonds is 4. The number of nitrogens with zero attached hydrogens (tertiary/aromatic N) is 2. The SMILES string of the molecule is CC(CNC(=O)c1cc(=O)[nH]c2ccccc12)N1CCN(C)CC1. The summed E-state index contributed by atoms with van der Waals surface area (Å²) in [6.07, 6.45) is 0. The largest absolute Gasteiger partial charge is 0.350 e. The van der Waals surface area contributed by atoms with Gasteiger partial charge in [-0.05, 0) is 20.0 Å². The highest BCUT2D eigenvalue weighted by Crippen LogP contribution is 2.14. The zero-order valence-corrected chi connectivity index (χ0v) is 14.2. The summed E-state index contributed by atoms with van der Waals surface area (Å²) in [6, 6.07) is 9.01. The summed E-state index contributed by atoms with van der Waals surface area (Å²) in [6.45, 7) is 6.84. The molecule has 0 bridgehead atoms. The van der Waals surface area contributed by atoms with E-state index in [0.29, 0.717) is 17.6 Å². The molecule has 1 aromatic carbocycles. The van der Waals surface area contributed by atoms with E-state index in [2.05, 4.69) is 34.1 Å². The maximum atomic E-state index is 12.6. The highest BCUT2D eigenvalue weighted by atomic mass is 16.2. The number of nitrogens with one attached hydrogen (secondary N) is 2. The lowest BCUT2D eigenvalue weighted by Crippen LogP contribution is -2.51. The third-order valence-corrected chi connectivity index (χ3v) is 4.71. The molecule has 2 N–H and O–H groups in total. The van der Waals surface area contributed by atoms with Crippen LogP contribution in [0, 0.1) is 0 Å². The standard InChI is InChI=1S/C18H24N4O2/c1-13(22-9-7-21(2)8-10-22)12-19-18(24)15-11-17(23)20-16-6-4-3-5-14(15)16/h3-6,11,13H,7-10,12H2,1-2H3,(H,19,24)(H,20,23). The number of aromatic amines is 1. The second kappa shape index (κ2) is 7.15. The quantitative estimate of drug-likeness (QED) is 0.875. The first-order chi connectivity index (χ1) is 11.5. The van der Waals surface area contributed by atoms with Gasteiger partial charge in [0.15, 0.2) is 0 Å². The molecule has 1 atom stereocenters. The van der Waals surface area contributed by atoms with E-state index in [1.165, 1.54) is 6.07 Å². The van der Waals surface area contributed by atoms with Gasteiger partial charge < -0.3 is 15.2 Å². The summed E-state index contributed by atoms with van der Waals surface area (Å²) in [5.41, 5.74) is 0.855. The molecule has 2 heterocycles. The first-order valence-corrected chi connectivity index (χ1v) is 8.37. The van der Waals surface area contributed by atoms with Gasteiger partial charge in [-0.3, -0.25) is 14.5 Å². The van der Waals surface area contributed by atoms with Gasteiger partial charge in [-0.25, -0.2) is 0 Å². The van der Waals surface area contributed by atoms with Gasteiger partial charge in [-0.1, -0.05) is 18.2 Å². The predicted octanol–water partition coefficient (Wildman–Crippen LogP) is 0.894. The fourth-order valence-electron chi connectivity index (χ4n) is 3.12. The number of H-pyrrole nitrogens is 1. The van der Waals surface area contributed by atoms with Crippen LogP contribution < -0.4 is 10.9 Å². The second-order valence-corrected chi connectivity index (χ2v) is 6.49. The van der Waals surface area contributed by atoms with E-state index >= 15 is 0 Å². The minimum absolute atomic E-state index is 0.196. The van der Waals surface area contributed by atoms with Gasteiger partial charge in [-0.2, -0.15) is 0 Å². The summed E-state index contributed by atoms with van der Waals surface area (Å²) in [7, 11) is 2.13. The molecule has 128 valence electrons. The minimum Gasteiger partial charge on any atom is -0.350 e. The Balaban J connectivity index is 1.68. The van der Waals surface area contributed by atoms with Gasteiger partial charge >= 0.3 is 0 Å². The summed E-state index contributed by atoms with van der Waals surface area (Å²) in [5, 5.41) is 3.75. The molecule has 1 unspecified atom stereocenters. The number of piperazine rings is 1. The molecule has 1 fully saturated rings. The molecule has 1 amide bonds. The Morgan fingerprint density at radius 2 is 1.96 bits per heavy atom. The highest BCUT2D eigenvalue weighted by molar-refractivity contribution is 6.05. The van der Waals surface area contributed by atoms with Gasteiger partial charge in [0.05, 0.1) is 5.56 Å². The Labute approximate surface area is 141 Å². The van der Waals surface area contributed by atoms with E-state index in [4.69, 9.17) is 0 Å². The zero-order chi connectivity index (χ0) is 17.1. The Hall–Kier alpha value is -2.18. The molecule has 0 aliphatic carbocycles. The van der Waals surface area contributed by atoms with Crippen LogP contribution in [0.3, 0.4) is 0 Å². The van der Waals surface area contributed by atoms with Crippen LogP contribution in [0.25, 0.3) is 10.9 Å². The van der Waals surface area contributed by atoms with E-state index in [0.717, 1.165) is 31.6 Å². The summed E-state index contributed by atoms with van der Waals surface area (Å²) < 4.78 is 0.